The number of amides is 2. The largest absolute Gasteiger partial charge is 0.469 e. The molecule has 1 aromatic rings. The molecule has 0 saturated carbocycles. The molecule has 0 aliphatic carbocycles. The van der Waals surface area contributed by atoms with Crippen molar-refractivity contribution in [1.29, 1.82) is 0 Å². The van der Waals surface area contributed by atoms with Gasteiger partial charge in [0, 0.05) is 23.6 Å². The lowest BCUT2D eigenvalue weighted by Crippen LogP contribution is -2.48. The van der Waals surface area contributed by atoms with Crippen LogP contribution in [0, 0.1) is 0 Å². The SMILES string of the molecule is CCOC(=O)C1=C(CNCCCC(=O)OC)NC(=O)N[C@H]1c1ccc(SC)cc1. The second kappa shape index (κ2) is 11.5. The summed E-state index contributed by atoms with van der Waals surface area (Å²) in [5.74, 6) is -0.757. The van der Waals surface area contributed by atoms with Crippen LogP contribution in [0.4, 0.5) is 4.79 Å². The van der Waals surface area contributed by atoms with Gasteiger partial charge in [0.2, 0.25) is 0 Å². The number of urea groups is 1. The molecule has 158 valence electrons. The summed E-state index contributed by atoms with van der Waals surface area (Å²) < 4.78 is 9.85. The fourth-order valence-electron chi connectivity index (χ4n) is 2.93. The number of methoxy groups -OCH3 is 1. The maximum Gasteiger partial charge on any atom is 0.338 e. The third-order valence-electron chi connectivity index (χ3n) is 4.36. The molecule has 8 nitrogen and oxygen atoms in total. The number of carbonyl (C=O) groups excluding carboxylic acids is 3. The fraction of sp³-hybridized carbons (Fsp3) is 0.450. The van der Waals surface area contributed by atoms with Crippen LogP contribution in [-0.2, 0) is 19.1 Å². The molecule has 1 aliphatic rings. The Kier molecular flexibility index (Phi) is 9.01. The molecule has 1 aromatic carbocycles. The molecule has 3 N–H and O–H groups in total. The summed E-state index contributed by atoms with van der Waals surface area (Å²) in [6, 6.07) is 6.68. The van der Waals surface area contributed by atoms with Gasteiger partial charge in [-0.2, -0.15) is 0 Å². The zero-order valence-electron chi connectivity index (χ0n) is 16.9. The van der Waals surface area contributed by atoms with Gasteiger partial charge in [-0.25, -0.2) is 9.59 Å². The van der Waals surface area contributed by atoms with Crippen molar-refractivity contribution in [3.63, 3.8) is 0 Å². The minimum absolute atomic E-state index is 0.230. The smallest absolute Gasteiger partial charge is 0.338 e. The van der Waals surface area contributed by atoms with Crippen LogP contribution in [0.25, 0.3) is 0 Å². The van der Waals surface area contributed by atoms with Crippen molar-refractivity contribution in [3.05, 3.63) is 41.1 Å². The molecule has 0 aromatic heterocycles. The monoisotopic (exact) mass is 421 g/mol. The number of carbonyl (C=O) groups is 3. The van der Waals surface area contributed by atoms with E-state index in [1.54, 1.807) is 18.7 Å². The second-order valence-corrected chi connectivity index (χ2v) is 7.15. The van der Waals surface area contributed by atoms with Gasteiger partial charge in [-0.3, -0.25) is 4.79 Å². The predicted molar refractivity (Wildman–Crippen MR) is 110 cm³/mol. The third-order valence-corrected chi connectivity index (χ3v) is 5.11. The highest BCUT2D eigenvalue weighted by atomic mass is 32.2. The molecule has 1 aliphatic heterocycles. The normalized spacial score (nSPS) is 16.1. The van der Waals surface area contributed by atoms with Crippen molar-refractivity contribution < 1.29 is 23.9 Å². The van der Waals surface area contributed by atoms with E-state index in [-0.39, 0.29) is 25.2 Å². The quantitative estimate of drug-likeness (QED) is 0.302. The van der Waals surface area contributed by atoms with Crippen LogP contribution < -0.4 is 16.0 Å². The lowest BCUT2D eigenvalue weighted by molar-refractivity contribution is -0.141. The molecule has 0 unspecified atom stereocenters. The van der Waals surface area contributed by atoms with E-state index in [4.69, 9.17) is 4.74 Å². The number of hydrogen-bond acceptors (Lipinski definition) is 7. The first-order valence-electron chi connectivity index (χ1n) is 9.39. The van der Waals surface area contributed by atoms with E-state index < -0.39 is 12.0 Å². The number of ether oxygens (including phenoxy) is 2. The van der Waals surface area contributed by atoms with Crippen molar-refractivity contribution in [2.45, 2.75) is 30.7 Å². The Bertz CT molecular complexity index is 764. The number of rotatable bonds is 10. The molecule has 2 rings (SSSR count). The maximum atomic E-state index is 12.7. The van der Waals surface area contributed by atoms with Crippen LogP contribution >= 0.6 is 11.8 Å². The van der Waals surface area contributed by atoms with Gasteiger partial charge in [0.1, 0.15) is 0 Å². The number of benzene rings is 1. The number of nitrogens with one attached hydrogen (secondary N) is 3. The van der Waals surface area contributed by atoms with Gasteiger partial charge in [-0.1, -0.05) is 12.1 Å². The lowest BCUT2D eigenvalue weighted by Gasteiger charge is -2.29. The molecular weight excluding hydrogens is 394 g/mol. The van der Waals surface area contributed by atoms with Gasteiger partial charge < -0.3 is 25.4 Å². The van der Waals surface area contributed by atoms with Crippen LogP contribution in [0.1, 0.15) is 31.4 Å². The Labute approximate surface area is 174 Å². The van der Waals surface area contributed by atoms with Gasteiger partial charge in [-0.15, -0.1) is 11.8 Å². The Morgan fingerprint density at radius 3 is 2.59 bits per heavy atom. The fourth-order valence-corrected chi connectivity index (χ4v) is 3.34. The Morgan fingerprint density at radius 2 is 1.97 bits per heavy atom. The molecule has 1 heterocycles. The number of esters is 2. The van der Waals surface area contributed by atoms with Crippen LogP contribution in [0.2, 0.25) is 0 Å². The van der Waals surface area contributed by atoms with E-state index in [1.807, 2.05) is 30.5 Å². The summed E-state index contributed by atoms with van der Waals surface area (Å²) in [7, 11) is 1.35. The summed E-state index contributed by atoms with van der Waals surface area (Å²) >= 11 is 1.61. The zero-order chi connectivity index (χ0) is 21.2. The van der Waals surface area contributed by atoms with Crippen molar-refractivity contribution >= 4 is 29.7 Å². The summed E-state index contributed by atoms with van der Waals surface area (Å²) in [4.78, 5) is 37.2. The molecule has 0 spiro atoms. The average Bonchev–Trinajstić information content (AvgIpc) is 2.73. The molecule has 0 saturated heterocycles. The van der Waals surface area contributed by atoms with Crippen LogP contribution in [0.5, 0.6) is 0 Å². The highest BCUT2D eigenvalue weighted by Crippen LogP contribution is 2.29. The van der Waals surface area contributed by atoms with Crippen molar-refractivity contribution in [2.75, 3.05) is 33.1 Å². The first-order valence-corrected chi connectivity index (χ1v) is 10.6. The van der Waals surface area contributed by atoms with Crippen LogP contribution in [0.15, 0.2) is 40.4 Å². The van der Waals surface area contributed by atoms with Crippen LogP contribution in [-0.4, -0.2) is 51.0 Å². The minimum Gasteiger partial charge on any atom is -0.469 e. The lowest BCUT2D eigenvalue weighted by atomic mass is 9.95. The summed E-state index contributed by atoms with van der Waals surface area (Å²) in [5.41, 5.74) is 1.62. The van der Waals surface area contributed by atoms with Crippen molar-refractivity contribution in [2.24, 2.45) is 0 Å². The Balaban J connectivity index is 2.21. The molecule has 0 radical (unpaired) electrons. The Hall–Kier alpha value is -2.52. The minimum atomic E-state index is -0.606. The molecular formula is C20H27N3O5S. The van der Waals surface area contributed by atoms with E-state index in [9.17, 15) is 14.4 Å². The van der Waals surface area contributed by atoms with Gasteiger partial charge in [-0.05, 0) is 43.8 Å². The standard InChI is InChI=1S/C20H27N3O5S/c1-4-28-19(25)17-15(12-21-11-5-6-16(24)27-2)22-20(26)23-18(17)13-7-9-14(29-3)10-8-13/h7-10,18,21H,4-6,11-12H2,1-3H3,(H2,22,23,26)/t18-/m0/s1. The van der Waals surface area contributed by atoms with E-state index in [1.165, 1.54) is 7.11 Å². The molecule has 1 atom stereocenters. The van der Waals surface area contributed by atoms with E-state index in [2.05, 4.69) is 20.7 Å². The van der Waals surface area contributed by atoms with Crippen molar-refractivity contribution in [3.8, 4) is 0 Å². The molecule has 2 amide bonds. The molecule has 9 heteroatoms. The van der Waals surface area contributed by atoms with Gasteiger partial charge in [0.25, 0.3) is 0 Å². The maximum absolute atomic E-state index is 12.7. The second-order valence-electron chi connectivity index (χ2n) is 6.27. The first-order chi connectivity index (χ1) is 14.0. The summed E-state index contributed by atoms with van der Waals surface area (Å²) in [6.07, 6.45) is 2.86. The topological polar surface area (TPSA) is 106 Å². The van der Waals surface area contributed by atoms with Crippen LogP contribution in [0.3, 0.4) is 0 Å². The Morgan fingerprint density at radius 1 is 1.24 bits per heavy atom. The molecule has 29 heavy (non-hydrogen) atoms. The first kappa shape index (κ1) is 22.8. The molecule has 0 fully saturated rings. The van der Waals surface area contributed by atoms with Gasteiger partial charge in [0.05, 0.1) is 25.3 Å². The predicted octanol–water partition coefficient (Wildman–Crippen LogP) is 2.12. The van der Waals surface area contributed by atoms with Crippen molar-refractivity contribution in [1.82, 2.24) is 16.0 Å². The third kappa shape index (κ3) is 6.50. The van der Waals surface area contributed by atoms with E-state index >= 15 is 0 Å². The average molecular weight is 422 g/mol. The summed E-state index contributed by atoms with van der Waals surface area (Å²) in [5, 5.41) is 8.67. The number of thioether (sulfide) groups is 1. The zero-order valence-corrected chi connectivity index (χ0v) is 17.7. The highest BCUT2D eigenvalue weighted by molar-refractivity contribution is 7.98. The highest BCUT2D eigenvalue weighted by Gasteiger charge is 2.33. The summed E-state index contributed by atoms with van der Waals surface area (Å²) in [6.45, 7) is 2.77. The molecule has 0 bridgehead atoms. The van der Waals surface area contributed by atoms with Gasteiger partial charge >= 0.3 is 18.0 Å². The van der Waals surface area contributed by atoms with E-state index in [0.717, 1.165) is 10.5 Å². The number of hydrogen-bond donors (Lipinski definition) is 3. The van der Waals surface area contributed by atoms with E-state index in [0.29, 0.717) is 30.7 Å². The van der Waals surface area contributed by atoms with Gasteiger partial charge in [0.15, 0.2) is 0 Å².